The fraction of sp³-hybridized carbons (Fsp3) is 0.375. The van der Waals surface area contributed by atoms with Gasteiger partial charge in [0, 0.05) is 29.2 Å². The van der Waals surface area contributed by atoms with Gasteiger partial charge in [-0.25, -0.2) is 15.0 Å². The number of nitrogens with zero attached hydrogens (tertiary/aromatic N) is 4. The molecule has 114 valence electrons. The van der Waals surface area contributed by atoms with Gasteiger partial charge in [-0.1, -0.05) is 20.8 Å². The quantitative estimate of drug-likeness (QED) is 0.931. The number of rotatable bonds is 4. The average molecular weight is 297 g/mol. The Bertz CT molecular complexity index is 717. The Hall–Kier alpha value is -2.68. The molecule has 0 aliphatic rings. The number of hydrogen-bond donors (Lipinski definition) is 1. The minimum absolute atomic E-state index is 0.211. The molecule has 0 aliphatic carbocycles. The van der Waals surface area contributed by atoms with Gasteiger partial charge >= 0.3 is 6.01 Å². The van der Waals surface area contributed by atoms with E-state index in [2.05, 4.69) is 34.9 Å². The smallest absolute Gasteiger partial charge is 0.316 e. The zero-order valence-corrected chi connectivity index (χ0v) is 13.2. The van der Waals surface area contributed by atoms with Crippen LogP contribution in [0.15, 0.2) is 12.4 Å². The zero-order valence-electron chi connectivity index (χ0n) is 13.2. The fourth-order valence-electron chi connectivity index (χ4n) is 2.48. The highest BCUT2D eigenvalue weighted by molar-refractivity contribution is 5.78. The van der Waals surface area contributed by atoms with Crippen molar-refractivity contribution in [2.24, 2.45) is 0 Å². The van der Waals surface area contributed by atoms with E-state index < -0.39 is 0 Å². The summed E-state index contributed by atoms with van der Waals surface area (Å²) >= 11 is 0. The van der Waals surface area contributed by atoms with Crippen molar-refractivity contribution in [1.82, 2.24) is 15.0 Å². The number of ether oxygens (including phenoxy) is 1. The van der Waals surface area contributed by atoms with E-state index in [1.807, 2.05) is 6.92 Å². The van der Waals surface area contributed by atoms with Crippen molar-refractivity contribution in [2.45, 2.75) is 33.1 Å². The van der Waals surface area contributed by atoms with Crippen LogP contribution in [-0.4, -0.2) is 22.1 Å². The van der Waals surface area contributed by atoms with Crippen LogP contribution in [0.1, 0.15) is 43.5 Å². The van der Waals surface area contributed by atoms with E-state index in [4.69, 9.17) is 10.5 Å². The van der Waals surface area contributed by atoms with Crippen LogP contribution in [0.5, 0.6) is 6.01 Å². The van der Waals surface area contributed by atoms with E-state index in [0.29, 0.717) is 5.56 Å². The van der Waals surface area contributed by atoms with Gasteiger partial charge in [0.2, 0.25) is 0 Å². The molecular formula is C16H19N5O. The topological polar surface area (TPSA) is 97.7 Å². The zero-order chi connectivity index (χ0) is 16.3. The lowest BCUT2D eigenvalue weighted by Gasteiger charge is -2.18. The monoisotopic (exact) mass is 297 g/mol. The van der Waals surface area contributed by atoms with Crippen LogP contribution in [0, 0.1) is 11.3 Å². The predicted molar refractivity (Wildman–Crippen MR) is 84.4 cm³/mol. The van der Waals surface area contributed by atoms with Gasteiger partial charge < -0.3 is 10.5 Å². The van der Waals surface area contributed by atoms with E-state index in [9.17, 15) is 5.26 Å². The van der Waals surface area contributed by atoms with Crippen LogP contribution in [0.2, 0.25) is 0 Å². The molecule has 0 saturated heterocycles. The number of anilines is 1. The maximum absolute atomic E-state index is 9.48. The highest BCUT2D eigenvalue weighted by atomic mass is 16.5. The number of nitriles is 1. The third kappa shape index (κ3) is 2.70. The van der Waals surface area contributed by atoms with Gasteiger partial charge in [-0.05, 0) is 17.9 Å². The van der Waals surface area contributed by atoms with Crippen molar-refractivity contribution in [2.75, 3.05) is 12.8 Å². The van der Waals surface area contributed by atoms with E-state index in [0.717, 1.165) is 28.8 Å². The van der Waals surface area contributed by atoms with E-state index in [1.54, 1.807) is 12.4 Å². The Labute approximate surface area is 130 Å². The fourth-order valence-corrected chi connectivity index (χ4v) is 2.48. The largest absolute Gasteiger partial charge is 0.467 e. The first kappa shape index (κ1) is 15.7. The van der Waals surface area contributed by atoms with Crippen molar-refractivity contribution < 1.29 is 4.74 Å². The van der Waals surface area contributed by atoms with Crippen molar-refractivity contribution in [3.8, 4) is 23.2 Å². The number of nitrogens with two attached hydrogens (primary N) is 1. The Kier molecular flexibility index (Phi) is 4.56. The van der Waals surface area contributed by atoms with Gasteiger partial charge in [-0.15, -0.1) is 0 Å². The Morgan fingerprint density at radius 3 is 2.41 bits per heavy atom. The molecule has 0 fully saturated rings. The van der Waals surface area contributed by atoms with Gasteiger partial charge in [0.1, 0.15) is 17.5 Å². The SMILES string of the molecule is CCc1c(C(C)C)nc(N)c(C#N)c1-c1cnc(OC)nc1. The van der Waals surface area contributed by atoms with E-state index in [-0.39, 0.29) is 17.7 Å². The van der Waals surface area contributed by atoms with Gasteiger partial charge in [-0.2, -0.15) is 5.26 Å². The standard InChI is InChI=1S/C16H19N5O/c1-5-11-13(10-7-19-16(22-4)20-8-10)12(6-17)15(18)21-14(11)9(2)3/h7-9H,5H2,1-4H3,(H2,18,21). The molecule has 2 rings (SSSR count). The lowest BCUT2D eigenvalue weighted by atomic mass is 9.91. The van der Waals surface area contributed by atoms with E-state index in [1.165, 1.54) is 7.11 Å². The van der Waals surface area contributed by atoms with Crippen molar-refractivity contribution >= 4 is 5.82 Å². The lowest BCUT2D eigenvalue weighted by molar-refractivity contribution is 0.380. The second-order valence-corrected chi connectivity index (χ2v) is 5.19. The second-order valence-electron chi connectivity index (χ2n) is 5.19. The molecular weight excluding hydrogens is 278 g/mol. The first-order valence-corrected chi connectivity index (χ1v) is 7.12. The van der Waals surface area contributed by atoms with Crippen molar-refractivity contribution in [3.05, 3.63) is 29.2 Å². The van der Waals surface area contributed by atoms with Crippen LogP contribution in [0.25, 0.3) is 11.1 Å². The molecule has 6 nitrogen and oxygen atoms in total. The molecule has 6 heteroatoms. The van der Waals surface area contributed by atoms with Gasteiger partial charge in [0.25, 0.3) is 0 Å². The van der Waals surface area contributed by atoms with Crippen LogP contribution < -0.4 is 10.5 Å². The molecule has 0 saturated carbocycles. The molecule has 2 N–H and O–H groups in total. The summed E-state index contributed by atoms with van der Waals surface area (Å²) in [5.74, 6) is 0.456. The normalized spacial score (nSPS) is 10.5. The molecule has 0 bridgehead atoms. The molecule has 22 heavy (non-hydrogen) atoms. The summed E-state index contributed by atoms with van der Waals surface area (Å²) < 4.78 is 4.98. The van der Waals surface area contributed by atoms with Crippen LogP contribution >= 0.6 is 0 Å². The van der Waals surface area contributed by atoms with Gasteiger partial charge in [-0.3, -0.25) is 0 Å². The van der Waals surface area contributed by atoms with Crippen LogP contribution in [-0.2, 0) is 6.42 Å². The molecule has 0 aromatic carbocycles. The molecule has 0 amide bonds. The third-order valence-corrected chi connectivity index (χ3v) is 3.47. The summed E-state index contributed by atoms with van der Waals surface area (Å²) in [6.07, 6.45) is 4.03. The molecule has 2 aromatic rings. The Morgan fingerprint density at radius 1 is 1.32 bits per heavy atom. The minimum Gasteiger partial charge on any atom is -0.467 e. The summed E-state index contributed by atoms with van der Waals surface area (Å²) in [5, 5.41) is 9.48. The molecule has 2 aromatic heterocycles. The third-order valence-electron chi connectivity index (χ3n) is 3.47. The second kappa shape index (κ2) is 6.39. The molecule has 0 aliphatic heterocycles. The maximum Gasteiger partial charge on any atom is 0.316 e. The predicted octanol–water partition coefficient (Wildman–Crippen LogP) is 2.69. The number of pyridine rings is 1. The minimum atomic E-state index is 0.211. The molecule has 0 spiro atoms. The van der Waals surface area contributed by atoms with Crippen molar-refractivity contribution in [3.63, 3.8) is 0 Å². The van der Waals surface area contributed by atoms with Crippen molar-refractivity contribution in [1.29, 1.82) is 5.26 Å². The summed E-state index contributed by atoms with van der Waals surface area (Å²) in [5.41, 5.74) is 9.78. The number of hydrogen-bond acceptors (Lipinski definition) is 6. The van der Waals surface area contributed by atoms with Gasteiger partial charge in [0.15, 0.2) is 0 Å². The first-order valence-electron chi connectivity index (χ1n) is 7.12. The van der Waals surface area contributed by atoms with Gasteiger partial charge in [0.05, 0.1) is 7.11 Å². The molecule has 0 unspecified atom stereocenters. The summed E-state index contributed by atoms with van der Waals surface area (Å²) in [7, 11) is 1.51. The molecule has 0 radical (unpaired) electrons. The number of methoxy groups -OCH3 is 1. The lowest BCUT2D eigenvalue weighted by Crippen LogP contribution is -2.09. The van der Waals surface area contributed by atoms with Crippen LogP contribution in [0.4, 0.5) is 5.82 Å². The highest BCUT2D eigenvalue weighted by Gasteiger charge is 2.20. The highest BCUT2D eigenvalue weighted by Crippen LogP contribution is 2.34. The Balaban J connectivity index is 2.78. The number of aromatic nitrogens is 3. The maximum atomic E-state index is 9.48. The molecule has 0 atom stereocenters. The summed E-state index contributed by atoms with van der Waals surface area (Å²) in [6.45, 7) is 6.15. The average Bonchev–Trinajstić information content (AvgIpc) is 2.53. The molecule has 2 heterocycles. The van der Waals surface area contributed by atoms with Crippen LogP contribution in [0.3, 0.4) is 0 Å². The number of nitrogen functional groups attached to an aromatic ring is 1. The Morgan fingerprint density at radius 2 is 1.95 bits per heavy atom. The summed E-state index contributed by atoms with van der Waals surface area (Å²) in [6, 6.07) is 2.44. The van der Waals surface area contributed by atoms with E-state index >= 15 is 0 Å². The summed E-state index contributed by atoms with van der Waals surface area (Å²) in [4.78, 5) is 12.7. The first-order chi connectivity index (χ1) is 10.5.